The predicted octanol–water partition coefficient (Wildman–Crippen LogP) is 2.08. The Morgan fingerprint density at radius 3 is 2.18 bits per heavy atom. The van der Waals surface area contributed by atoms with Crippen molar-refractivity contribution in [3.8, 4) is 0 Å². The van der Waals surface area contributed by atoms with Crippen molar-refractivity contribution in [2.24, 2.45) is 4.99 Å². The molecule has 0 aliphatic heterocycles. The molecule has 0 heterocycles. The van der Waals surface area contributed by atoms with Gasteiger partial charge in [-0.2, -0.15) is 0 Å². The molecule has 0 unspecified atom stereocenters. The van der Waals surface area contributed by atoms with Crippen LogP contribution in [0.25, 0.3) is 0 Å². The molecule has 0 aromatic rings. The van der Waals surface area contributed by atoms with Crippen LogP contribution in [0, 0.1) is 0 Å². The van der Waals surface area contributed by atoms with Gasteiger partial charge in [0.05, 0.1) is 21.7 Å². The van der Waals surface area contributed by atoms with Gasteiger partial charge in [0.15, 0.2) is 5.78 Å². The van der Waals surface area contributed by atoms with Crippen molar-refractivity contribution in [3.05, 3.63) is 0 Å². The largest absolute Gasteiger partial charge is 0.444 e. The minimum Gasteiger partial charge on any atom is -0.444 e. The van der Waals surface area contributed by atoms with E-state index in [0.29, 0.717) is 18.6 Å². The van der Waals surface area contributed by atoms with E-state index in [0.717, 1.165) is 5.71 Å². The number of rotatable bonds is 7. The van der Waals surface area contributed by atoms with Crippen LogP contribution in [0.5, 0.6) is 0 Å². The highest BCUT2D eigenvalue weighted by molar-refractivity contribution is 8.02. The number of ether oxygens (including phenoxy) is 1. The molecule has 7 heteroatoms. The zero-order chi connectivity index (χ0) is 17.6. The fourth-order valence-corrected chi connectivity index (χ4v) is 2.86. The number of hydrogen-bond acceptors (Lipinski definition) is 5. The Balaban J connectivity index is 4.63. The van der Waals surface area contributed by atoms with Crippen LogP contribution in [0.15, 0.2) is 4.99 Å². The average molecular weight is 333 g/mol. The lowest BCUT2D eigenvalue weighted by molar-refractivity contribution is -0.119. The molecule has 0 aromatic heterocycles. The van der Waals surface area contributed by atoms with Crippen molar-refractivity contribution < 1.29 is 18.5 Å². The number of amides is 1. The van der Waals surface area contributed by atoms with Gasteiger partial charge in [-0.25, -0.2) is 4.79 Å². The summed E-state index contributed by atoms with van der Waals surface area (Å²) in [6, 6.07) is -0.628. The Labute approximate surface area is 134 Å². The SMILES string of the molecule is CN=C(CC[C@H](NC(=O)OC(C)(C)C)C(C)=O)C[S+](C)(C)=O. The Hall–Kier alpha value is -1.24. The molecule has 22 heavy (non-hydrogen) atoms. The number of ketones is 1. The molecule has 0 aromatic carbocycles. The third-order valence-corrected chi connectivity index (χ3v) is 3.76. The molecule has 128 valence electrons. The smallest absolute Gasteiger partial charge is 0.408 e. The monoisotopic (exact) mass is 333 g/mol. The lowest BCUT2D eigenvalue weighted by Crippen LogP contribution is -2.43. The van der Waals surface area contributed by atoms with E-state index in [2.05, 4.69) is 10.3 Å². The lowest BCUT2D eigenvalue weighted by Gasteiger charge is -2.22. The minimum absolute atomic E-state index is 0.143. The number of hydrogen-bond donors (Lipinski definition) is 1. The summed E-state index contributed by atoms with van der Waals surface area (Å²) in [4.78, 5) is 27.5. The summed E-state index contributed by atoms with van der Waals surface area (Å²) in [5.41, 5.74) is 0.171. The van der Waals surface area contributed by atoms with Gasteiger partial charge in [0.2, 0.25) is 0 Å². The average Bonchev–Trinajstić information content (AvgIpc) is 2.28. The summed E-state index contributed by atoms with van der Waals surface area (Å²) >= 11 is 0. The van der Waals surface area contributed by atoms with Crippen molar-refractivity contribution in [2.45, 2.75) is 52.2 Å². The molecule has 0 saturated carbocycles. The van der Waals surface area contributed by atoms with Gasteiger partial charge in [-0.15, -0.1) is 4.21 Å². The summed E-state index contributed by atoms with van der Waals surface area (Å²) in [5.74, 6) is 0.260. The van der Waals surface area contributed by atoms with Gasteiger partial charge in [-0.05, 0) is 40.5 Å². The predicted molar refractivity (Wildman–Crippen MR) is 91.2 cm³/mol. The second-order valence-corrected chi connectivity index (χ2v) is 9.88. The Morgan fingerprint density at radius 2 is 1.82 bits per heavy atom. The van der Waals surface area contributed by atoms with Crippen molar-refractivity contribution >= 4 is 27.5 Å². The van der Waals surface area contributed by atoms with Gasteiger partial charge in [0, 0.05) is 7.05 Å². The fourth-order valence-electron chi connectivity index (χ4n) is 1.79. The molecule has 0 radical (unpaired) electrons. The van der Waals surface area contributed by atoms with Gasteiger partial charge in [-0.1, -0.05) is 0 Å². The summed E-state index contributed by atoms with van der Waals surface area (Å²) < 4.78 is 17.0. The number of carbonyl (C=O) groups is 2. The van der Waals surface area contributed by atoms with Gasteiger partial charge in [-0.3, -0.25) is 9.79 Å². The number of Topliss-reactive ketones (excluding diaryl/α,β-unsaturated/α-hetero) is 1. The van der Waals surface area contributed by atoms with Crippen molar-refractivity contribution in [1.82, 2.24) is 5.32 Å². The summed E-state index contributed by atoms with van der Waals surface area (Å²) in [7, 11) is -0.285. The molecule has 1 amide bonds. The Morgan fingerprint density at radius 1 is 1.27 bits per heavy atom. The summed E-state index contributed by atoms with van der Waals surface area (Å²) in [6.07, 6.45) is 3.67. The molecule has 0 saturated heterocycles. The van der Waals surface area contributed by atoms with Crippen LogP contribution in [0.2, 0.25) is 0 Å². The van der Waals surface area contributed by atoms with Crippen molar-refractivity contribution in [1.29, 1.82) is 0 Å². The van der Waals surface area contributed by atoms with Gasteiger partial charge in [0.1, 0.15) is 23.9 Å². The molecule has 0 rings (SSSR count). The Kier molecular flexibility index (Phi) is 7.93. The molecular formula is C15H29N2O4S+. The van der Waals surface area contributed by atoms with Crippen LogP contribution >= 0.6 is 0 Å². The quantitative estimate of drug-likeness (QED) is 0.571. The van der Waals surface area contributed by atoms with Gasteiger partial charge in [0.25, 0.3) is 0 Å². The standard InChI is InChI=1S/C15H28N2O4S/c1-11(18)13(17-14(19)21-15(2,3)4)9-8-12(16-5)10-22(6,7)20/h13H,8-10H2,1-7H3/p+1/t13-/m0/s1. The van der Waals surface area contributed by atoms with E-state index in [1.807, 2.05) is 0 Å². The molecule has 1 atom stereocenters. The zero-order valence-electron chi connectivity index (χ0n) is 14.7. The van der Waals surface area contributed by atoms with Crippen molar-refractivity contribution in [2.75, 3.05) is 25.3 Å². The van der Waals surface area contributed by atoms with E-state index in [4.69, 9.17) is 4.74 Å². The minimum atomic E-state index is -1.93. The normalized spacial score (nSPS) is 14.4. The molecule has 0 aliphatic rings. The first-order valence-corrected chi connectivity index (χ1v) is 9.75. The second-order valence-electron chi connectivity index (χ2n) is 6.72. The molecular weight excluding hydrogens is 304 g/mol. The Bertz CT molecular complexity index is 474. The molecule has 0 spiro atoms. The fraction of sp³-hybridized carbons (Fsp3) is 0.800. The summed E-state index contributed by atoms with van der Waals surface area (Å²) in [5, 5.41) is 2.58. The van der Waals surface area contributed by atoms with E-state index < -0.39 is 27.7 Å². The maximum Gasteiger partial charge on any atom is 0.408 e. The zero-order valence-corrected chi connectivity index (χ0v) is 15.5. The topological polar surface area (TPSA) is 84.8 Å². The third kappa shape index (κ3) is 10.5. The van der Waals surface area contributed by atoms with Crippen LogP contribution in [0.3, 0.4) is 0 Å². The van der Waals surface area contributed by atoms with E-state index in [9.17, 15) is 13.8 Å². The van der Waals surface area contributed by atoms with Crippen LogP contribution < -0.4 is 5.32 Å². The first-order chi connectivity index (χ1) is 9.84. The highest BCUT2D eigenvalue weighted by Crippen LogP contribution is 2.09. The van der Waals surface area contributed by atoms with E-state index >= 15 is 0 Å². The highest BCUT2D eigenvalue weighted by atomic mass is 32.2. The molecule has 1 N–H and O–H groups in total. The molecule has 0 aliphatic carbocycles. The number of alkyl carbamates (subject to hydrolysis) is 1. The second kappa shape index (κ2) is 8.41. The van der Waals surface area contributed by atoms with Gasteiger partial charge >= 0.3 is 6.09 Å². The summed E-state index contributed by atoms with van der Waals surface area (Å²) in [6.45, 7) is 6.70. The van der Waals surface area contributed by atoms with Crippen LogP contribution in [0.1, 0.15) is 40.5 Å². The first kappa shape index (κ1) is 20.8. The number of nitrogens with one attached hydrogen (secondary N) is 1. The van der Waals surface area contributed by atoms with E-state index in [1.165, 1.54) is 6.92 Å². The highest BCUT2D eigenvalue weighted by Gasteiger charge is 2.24. The number of carbonyl (C=O) groups excluding carboxylic acids is 2. The third-order valence-electron chi connectivity index (χ3n) is 2.73. The molecule has 0 bridgehead atoms. The lowest BCUT2D eigenvalue weighted by atomic mass is 10.1. The van der Waals surface area contributed by atoms with Crippen LogP contribution in [-0.4, -0.2) is 54.5 Å². The van der Waals surface area contributed by atoms with Gasteiger partial charge < -0.3 is 10.1 Å². The van der Waals surface area contributed by atoms with Crippen LogP contribution in [-0.2, 0) is 23.7 Å². The molecule has 0 fully saturated rings. The maximum atomic E-state index is 11.8. The van der Waals surface area contributed by atoms with Crippen LogP contribution in [0.4, 0.5) is 4.79 Å². The van der Waals surface area contributed by atoms with Crippen molar-refractivity contribution in [3.63, 3.8) is 0 Å². The molecule has 6 nitrogen and oxygen atoms in total. The first-order valence-electron chi connectivity index (χ1n) is 7.20. The van der Waals surface area contributed by atoms with E-state index in [1.54, 1.807) is 40.3 Å². The van der Waals surface area contributed by atoms with E-state index in [-0.39, 0.29) is 5.78 Å². The number of nitrogens with zero attached hydrogens (tertiary/aromatic N) is 1. The maximum absolute atomic E-state index is 11.8. The number of aliphatic imine (C=N–C) groups is 1.